The fourth-order valence-corrected chi connectivity index (χ4v) is 5.05. The number of Topliss-reactive ketones (excluding diaryl/α,β-unsaturated/α-hetero) is 1. The second kappa shape index (κ2) is 10.3. The Kier molecular flexibility index (Phi) is 8.44. The lowest BCUT2D eigenvalue weighted by atomic mass is 9.67. The molecule has 2 rings (SSSR count). The zero-order chi connectivity index (χ0) is 26.9. The number of aliphatic hydroxyl groups is 1. The van der Waals surface area contributed by atoms with Crippen LogP contribution in [-0.4, -0.2) is 41.4 Å². The van der Waals surface area contributed by atoms with Crippen molar-refractivity contribution in [3.05, 3.63) is 69.8 Å². The molecule has 35 heavy (non-hydrogen) atoms. The largest absolute Gasteiger partial charge is 0.389 e. The monoisotopic (exact) mass is 479 g/mol. The summed E-state index contributed by atoms with van der Waals surface area (Å²) in [6.45, 7) is 17.8. The molecule has 0 heterocycles. The van der Waals surface area contributed by atoms with Crippen LogP contribution in [-0.2, 0) is 5.41 Å². The first-order valence-electron chi connectivity index (χ1n) is 12.8. The third-order valence-electron chi connectivity index (χ3n) is 8.42. The maximum atomic E-state index is 13.4. The number of hydrogen-bond donors (Lipinski definition) is 1. The zero-order valence-electron chi connectivity index (χ0n) is 23.7. The van der Waals surface area contributed by atoms with E-state index in [-0.39, 0.29) is 17.1 Å². The molecular formula is C31H45NO3. The van der Waals surface area contributed by atoms with Gasteiger partial charge in [-0.3, -0.25) is 9.59 Å². The van der Waals surface area contributed by atoms with Crippen molar-refractivity contribution in [2.75, 3.05) is 14.1 Å². The Balaban J connectivity index is 2.54. The lowest BCUT2D eigenvalue weighted by Crippen LogP contribution is -2.48. The molecule has 0 aliphatic carbocycles. The van der Waals surface area contributed by atoms with Crippen molar-refractivity contribution in [1.29, 1.82) is 0 Å². The van der Waals surface area contributed by atoms with E-state index in [0.29, 0.717) is 5.56 Å². The van der Waals surface area contributed by atoms with E-state index in [1.165, 1.54) is 5.56 Å². The summed E-state index contributed by atoms with van der Waals surface area (Å²) < 4.78 is 0. The number of carbonyl (C=O) groups is 2. The summed E-state index contributed by atoms with van der Waals surface area (Å²) in [6.07, 6.45) is 1.79. The molecule has 4 nitrogen and oxygen atoms in total. The van der Waals surface area contributed by atoms with Crippen LogP contribution in [0.2, 0.25) is 0 Å². The van der Waals surface area contributed by atoms with Crippen LogP contribution in [0.1, 0.15) is 104 Å². The Hall–Kier alpha value is -2.46. The van der Waals surface area contributed by atoms with E-state index in [1.54, 1.807) is 25.9 Å². The first-order valence-corrected chi connectivity index (χ1v) is 12.8. The molecule has 0 aliphatic rings. The smallest absolute Gasteiger partial charge is 0.253 e. The van der Waals surface area contributed by atoms with Crippen molar-refractivity contribution in [2.24, 2.45) is 11.3 Å². The summed E-state index contributed by atoms with van der Waals surface area (Å²) in [5.74, 6) is -0.555. The molecular weight excluding hydrogens is 434 g/mol. The molecule has 4 heteroatoms. The number of benzene rings is 2. The van der Waals surface area contributed by atoms with Crippen LogP contribution >= 0.6 is 0 Å². The highest BCUT2D eigenvalue weighted by Crippen LogP contribution is 2.41. The first-order chi connectivity index (χ1) is 16.0. The molecule has 0 bridgehead atoms. The van der Waals surface area contributed by atoms with Crippen LogP contribution in [0.5, 0.6) is 0 Å². The second-order valence-corrected chi connectivity index (χ2v) is 11.5. The molecule has 0 aromatic heterocycles. The van der Waals surface area contributed by atoms with Crippen molar-refractivity contribution in [1.82, 2.24) is 4.90 Å². The van der Waals surface area contributed by atoms with E-state index in [1.807, 2.05) is 53.7 Å². The highest BCUT2D eigenvalue weighted by molar-refractivity contribution is 5.99. The Bertz CT molecular complexity index is 1080. The van der Waals surface area contributed by atoms with Gasteiger partial charge in [0.2, 0.25) is 0 Å². The summed E-state index contributed by atoms with van der Waals surface area (Å²) in [5.41, 5.74) is 3.84. The molecule has 0 spiro atoms. The molecule has 1 amide bonds. The Morgan fingerprint density at radius 3 is 1.63 bits per heavy atom. The standard InChI is InChI=1S/C31H45NO3/c1-12-31(13-2,24-15-17-26(21(4)19-24)28(34)32(10)11)23-14-16-25(20(3)18-23)27(33)22(5)30(9,35)29(6,7)8/h14-19,22,35H,12-13H2,1-11H3. The summed E-state index contributed by atoms with van der Waals surface area (Å²) in [5, 5.41) is 11.1. The van der Waals surface area contributed by atoms with E-state index in [0.717, 1.165) is 35.1 Å². The minimum Gasteiger partial charge on any atom is -0.389 e. The van der Waals surface area contributed by atoms with Crippen molar-refractivity contribution in [3.8, 4) is 0 Å². The molecule has 1 N–H and O–H groups in total. The molecule has 2 aromatic rings. The molecule has 0 aliphatic heterocycles. The molecule has 2 unspecified atom stereocenters. The quantitative estimate of drug-likeness (QED) is 0.427. The predicted octanol–water partition coefficient (Wildman–Crippen LogP) is 6.73. The minimum absolute atomic E-state index is 0.00613. The van der Waals surface area contributed by atoms with Gasteiger partial charge in [-0.1, -0.05) is 71.9 Å². The van der Waals surface area contributed by atoms with E-state index in [2.05, 4.69) is 38.1 Å². The summed E-state index contributed by atoms with van der Waals surface area (Å²) >= 11 is 0. The van der Waals surface area contributed by atoms with Crippen LogP contribution in [0.15, 0.2) is 36.4 Å². The average Bonchev–Trinajstić information content (AvgIpc) is 2.78. The van der Waals surface area contributed by atoms with Gasteiger partial charge in [0.25, 0.3) is 5.91 Å². The van der Waals surface area contributed by atoms with Gasteiger partial charge in [0, 0.05) is 36.6 Å². The minimum atomic E-state index is -1.13. The maximum Gasteiger partial charge on any atom is 0.253 e. The van der Waals surface area contributed by atoms with Crippen molar-refractivity contribution in [2.45, 2.75) is 86.2 Å². The number of amides is 1. The van der Waals surface area contributed by atoms with Gasteiger partial charge >= 0.3 is 0 Å². The van der Waals surface area contributed by atoms with E-state index in [4.69, 9.17) is 0 Å². The maximum absolute atomic E-state index is 13.4. The zero-order valence-corrected chi connectivity index (χ0v) is 23.7. The predicted molar refractivity (Wildman–Crippen MR) is 145 cm³/mol. The molecule has 192 valence electrons. The highest BCUT2D eigenvalue weighted by Gasteiger charge is 2.44. The number of nitrogens with zero attached hydrogens (tertiary/aromatic N) is 1. The van der Waals surface area contributed by atoms with E-state index >= 15 is 0 Å². The fourth-order valence-electron chi connectivity index (χ4n) is 5.05. The third-order valence-corrected chi connectivity index (χ3v) is 8.42. The average molecular weight is 480 g/mol. The van der Waals surface area contributed by atoms with Crippen molar-refractivity contribution >= 4 is 11.7 Å². The SMILES string of the molecule is CCC(CC)(c1ccc(C(=O)C(C)C(C)(O)C(C)(C)C)c(C)c1)c1ccc(C(=O)N(C)C)c(C)c1. The summed E-state index contributed by atoms with van der Waals surface area (Å²) in [7, 11) is 3.54. The van der Waals surface area contributed by atoms with Crippen LogP contribution in [0.25, 0.3) is 0 Å². The Morgan fingerprint density at radius 1 is 0.857 bits per heavy atom. The van der Waals surface area contributed by atoms with Gasteiger partial charge in [-0.15, -0.1) is 0 Å². The lowest BCUT2D eigenvalue weighted by Gasteiger charge is -2.41. The Labute approximate surface area is 212 Å². The van der Waals surface area contributed by atoms with Gasteiger partial charge in [-0.2, -0.15) is 0 Å². The van der Waals surface area contributed by atoms with E-state index in [9.17, 15) is 14.7 Å². The number of carbonyl (C=O) groups excluding carboxylic acids is 2. The number of aryl methyl sites for hydroxylation is 2. The first kappa shape index (κ1) is 28.8. The van der Waals surface area contributed by atoms with Crippen molar-refractivity contribution < 1.29 is 14.7 Å². The van der Waals surface area contributed by atoms with Crippen LogP contribution in [0.4, 0.5) is 0 Å². The topological polar surface area (TPSA) is 57.6 Å². The van der Waals surface area contributed by atoms with Gasteiger partial charge in [-0.25, -0.2) is 0 Å². The van der Waals surface area contributed by atoms with Gasteiger partial charge < -0.3 is 10.0 Å². The second-order valence-electron chi connectivity index (χ2n) is 11.5. The van der Waals surface area contributed by atoms with Crippen LogP contribution in [0.3, 0.4) is 0 Å². The number of hydrogen-bond acceptors (Lipinski definition) is 3. The highest BCUT2D eigenvalue weighted by atomic mass is 16.3. The molecule has 0 saturated carbocycles. The van der Waals surface area contributed by atoms with E-state index < -0.39 is 16.9 Å². The van der Waals surface area contributed by atoms with Crippen molar-refractivity contribution in [3.63, 3.8) is 0 Å². The Morgan fingerprint density at radius 2 is 1.29 bits per heavy atom. The van der Waals surface area contributed by atoms with Gasteiger partial charge in [0.05, 0.1) is 5.60 Å². The summed E-state index contributed by atoms with van der Waals surface area (Å²) in [6, 6.07) is 12.3. The van der Waals surface area contributed by atoms with Gasteiger partial charge in [0.15, 0.2) is 5.78 Å². The molecule has 0 radical (unpaired) electrons. The molecule has 0 fully saturated rings. The fraction of sp³-hybridized carbons (Fsp3) is 0.548. The number of rotatable bonds is 8. The third kappa shape index (κ3) is 5.23. The van der Waals surface area contributed by atoms with Gasteiger partial charge in [-0.05, 0) is 67.3 Å². The molecule has 2 aromatic carbocycles. The normalized spacial score (nSPS) is 14.9. The summed E-state index contributed by atoms with van der Waals surface area (Å²) in [4.78, 5) is 27.6. The molecule has 2 atom stereocenters. The van der Waals surface area contributed by atoms with Crippen LogP contribution < -0.4 is 0 Å². The number of ketones is 1. The van der Waals surface area contributed by atoms with Gasteiger partial charge in [0.1, 0.15) is 0 Å². The lowest BCUT2D eigenvalue weighted by molar-refractivity contribution is -0.0725. The molecule has 0 saturated heterocycles. The van der Waals surface area contributed by atoms with Crippen LogP contribution in [0, 0.1) is 25.2 Å².